The van der Waals surface area contributed by atoms with Crippen molar-refractivity contribution < 1.29 is 19.0 Å². The monoisotopic (exact) mass is 378 g/mol. The van der Waals surface area contributed by atoms with E-state index in [1.807, 2.05) is 36.4 Å². The van der Waals surface area contributed by atoms with Crippen molar-refractivity contribution in [2.24, 2.45) is 0 Å². The third-order valence-electron chi connectivity index (χ3n) is 4.93. The molecule has 1 aromatic heterocycles. The maximum Gasteiger partial charge on any atom is 0.257 e. The van der Waals surface area contributed by atoms with E-state index in [9.17, 15) is 4.79 Å². The number of likely N-dealkylation sites (tertiary alicyclic amines) is 1. The van der Waals surface area contributed by atoms with E-state index in [4.69, 9.17) is 14.2 Å². The summed E-state index contributed by atoms with van der Waals surface area (Å²) in [5, 5.41) is 1.07. The Balaban J connectivity index is 1.45. The van der Waals surface area contributed by atoms with Gasteiger partial charge in [0.25, 0.3) is 5.91 Å². The molecule has 0 saturated carbocycles. The SMILES string of the molecule is COc1ccc(C(=O)N2CCC(Oc3ccc4ccccc4n3)C2)c(OC)c1. The molecule has 6 nitrogen and oxygen atoms in total. The molecule has 2 aromatic carbocycles. The minimum Gasteiger partial charge on any atom is -0.497 e. The van der Waals surface area contributed by atoms with Crippen LogP contribution in [0.4, 0.5) is 0 Å². The Kier molecular flexibility index (Phi) is 5.02. The quantitative estimate of drug-likeness (QED) is 0.680. The van der Waals surface area contributed by atoms with Gasteiger partial charge in [-0.25, -0.2) is 4.98 Å². The number of hydrogen-bond acceptors (Lipinski definition) is 5. The maximum atomic E-state index is 12.9. The standard InChI is InChI=1S/C22H22N2O4/c1-26-16-8-9-18(20(13-16)27-2)22(25)24-12-11-17(14-24)28-21-10-7-15-5-3-4-6-19(15)23-21/h3-10,13,17H,11-12,14H2,1-2H3. The Hall–Kier alpha value is -3.28. The molecule has 1 aliphatic heterocycles. The van der Waals surface area contributed by atoms with Crippen molar-refractivity contribution in [3.63, 3.8) is 0 Å². The molecule has 1 fully saturated rings. The fourth-order valence-corrected chi connectivity index (χ4v) is 3.44. The fourth-order valence-electron chi connectivity index (χ4n) is 3.44. The highest BCUT2D eigenvalue weighted by Crippen LogP contribution is 2.27. The molecule has 0 spiro atoms. The second-order valence-electron chi connectivity index (χ2n) is 6.69. The lowest BCUT2D eigenvalue weighted by Crippen LogP contribution is -2.31. The minimum atomic E-state index is -0.0816. The summed E-state index contributed by atoms with van der Waals surface area (Å²) in [4.78, 5) is 19.3. The average molecular weight is 378 g/mol. The van der Waals surface area contributed by atoms with E-state index in [1.54, 1.807) is 37.3 Å². The first kappa shape index (κ1) is 18.1. The molecule has 0 aliphatic carbocycles. The molecule has 144 valence electrons. The molecule has 1 unspecified atom stereocenters. The van der Waals surface area contributed by atoms with Crippen LogP contribution in [0.15, 0.2) is 54.6 Å². The number of para-hydroxylation sites is 1. The predicted molar refractivity (Wildman–Crippen MR) is 106 cm³/mol. The molecule has 0 N–H and O–H groups in total. The van der Waals surface area contributed by atoms with E-state index in [2.05, 4.69) is 4.98 Å². The van der Waals surface area contributed by atoms with E-state index in [0.29, 0.717) is 36.0 Å². The lowest BCUT2D eigenvalue weighted by molar-refractivity contribution is 0.0768. The number of carbonyl (C=O) groups excluding carboxylic acids is 1. The van der Waals surface area contributed by atoms with Crippen LogP contribution in [-0.2, 0) is 0 Å². The first-order chi connectivity index (χ1) is 13.7. The summed E-state index contributed by atoms with van der Waals surface area (Å²) in [7, 11) is 3.13. The van der Waals surface area contributed by atoms with Gasteiger partial charge in [-0.1, -0.05) is 18.2 Å². The van der Waals surface area contributed by atoms with Crippen LogP contribution in [0.25, 0.3) is 10.9 Å². The van der Waals surface area contributed by atoms with Gasteiger partial charge in [-0.3, -0.25) is 4.79 Å². The molecule has 6 heteroatoms. The Morgan fingerprint density at radius 1 is 1.07 bits per heavy atom. The molecule has 1 atom stereocenters. The maximum absolute atomic E-state index is 12.9. The lowest BCUT2D eigenvalue weighted by atomic mass is 10.1. The summed E-state index contributed by atoms with van der Waals surface area (Å²) in [5.41, 5.74) is 1.42. The van der Waals surface area contributed by atoms with Crippen LogP contribution >= 0.6 is 0 Å². The first-order valence-corrected chi connectivity index (χ1v) is 9.21. The Morgan fingerprint density at radius 2 is 1.93 bits per heavy atom. The highest BCUT2D eigenvalue weighted by molar-refractivity contribution is 5.97. The van der Waals surface area contributed by atoms with Gasteiger partial charge in [0.2, 0.25) is 5.88 Å². The van der Waals surface area contributed by atoms with Crippen LogP contribution in [0.2, 0.25) is 0 Å². The molecule has 0 bridgehead atoms. The number of amides is 1. The molecule has 4 rings (SSSR count). The summed E-state index contributed by atoms with van der Waals surface area (Å²) in [6.07, 6.45) is 0.681. The molecular formula is C22H22N2O4. The van der Waals surface area contributed by atoms with Gasteiger partial charge in [-0.05, 0) is 24.3 Å². The van der Waals surface area contributed by atoms with Crippen molar-refractivity contribution in [1.29, 1.82) is 0 Å². The second kappa shape index (κ2) is 7.76. The second-order valence-corrected chi connectivity index (χ2v) is 6.69. The number of ether oxygens (including phenoxy) is 3. The van der Waals surface area contributed by atoms with Crippen LogP contribution in [0, 0.1) is 0 Å². The lowest BCUT2D eigenvalue weighted by Gasteiger charge is -2.19. The molecule has 1 amide bonds. The number of benzene rings is 2. The topological polar surface area (TPSA) is 60.9 Å². The summed E-state index contributed by atoms with van der Waals surface area (Å²) >= 11 is 0. The van der Waals surface area contributed by atoms with Crippen LogP contribution in [0.5, 0.6) is 17.4 Å². The van der Waals surface area contributed by atoms with Crippen LogP contribution in [0.1, 0.15) is 16.8 Å². The first-order valence-electron chi connectivity index (χ1n) is 9.21. The predicted octanol–water partition coefficient (Wildman–Crippen LogP) is 3.55. The highest BCUT2D eigenvalue weighted by atomic mass is 16.5. The molecule has 1 aliphatic rings. The van der Waals surface area contributed by atoms with Crippen molar-refractivity contribution >= 4 is 16.8 Å². The zero-order valence-corrected chi connectivity index (χ0v) is 15.9. The Bertz CT molecular complexity index is 1000. The normalized spacial score (nSPS) is 16.2. The summed E-state index contributed by atoms with van der Waals surface area (Å²) < 4.78 is 16.6. The third-order valence-corrected chi connectivity index (χ3v) is 4.93. The molecule has 3 aromatic rings. The summed E-state index contributed by atoms with van der Waals surface area (Å²) in [6, 6.07) is 17.0. The van der Waals surface area contributed by atoms with Gasteiger partial charge < -0.3 is 19.1 Å². The van der Waals surface area contributed by atoms with Crippen LogP contribution in [-0.4, -0.2) is 49.2 Å². The Labute approximate surface area is 163 Å². The van der Waals surface area contributed by atoms with Crippen molar-refractivity contribution in [1.82, 2.24) is 9.88 Å². The number of nitrogens with zero attached hydrogens (tertiary/aromatic N) is 2. The number of fused-ring (bicyclic) bond motifs is 1. The number of aromatic nitrogens is 1. The molecule has 28 heavy (non-hydrogen) atoms. The van der Waals surface area contributed by atoms with Gasteiger partial charge in [0.1, 0.15) is 17.6 Å². The average Bonchev–Trinajstić information content (AvgIpc) is 3.21. The van der Waals surface area contributed by atoms with E-state index in [1.165, 1.54) is 0 Å². The van der Waals surface area contributed by atoms with Gasteiger partial charge >= 0.3 is 0 Å². The van der Waals surface area contributed by atoms with Crippen molar-refractivity contribution in [2.75, 3.05) is 27.3 Å². The molecule has 1 saturated heterocycles. The van der Waals surface area contributed by atoms with Crippen molar-refractivity contribution in [2.45, 2.75) is 12.5 Å². The fraction of sp³-hybridized carbons (Fsp3) is 0.273. The minimum absolute atomic E-state index is 0.0722. The summed E-state index contributed by atoms with van der Waals surface area (Å²) in [6.45, 7) is 1.15. The van der Waals surface area contributed by atoms with Crippen LogP contribution < -0.4 is 14.2 Å². The van der Waals surface area contributed by atoms with Gasteiger partial charge in [0.15, 0.2) is 0 Å². The zero-order valence-electron chi connectivity index (χ0n) is 15.9. The third kappa shape index (κ3) is 3.58. The number of methoxy groups -OCH3 is 2. The Morgan fingerprint density at radius 3 is 2.75 bits per heavy atom. The van der Waals surface area contributed by atoms with E-state index in [0.717, 1.165) is 17.3 Å². The van der Waals surface area contributed by atoms with Gasteiger partial charge in [0.05, 0.1) is 31.8 Å². The van der Waals surface area contributed by atoms with Crippen molar-refractivity contribution in [3.8, 4) is 17.4 Å². The van der Waals surface area contributed by atoms with E-state index >= 15 is 0 Å². The van der Waals surface area contributed by atoms with Gasteiger partial charge in [-0.15, -0.1) is 0 Å². The number of pyridine rings is 1. The molecular weight excluding hydrogens is 356 g/mol. The summed E-state index contributed by atoms with van der Waals surface area (Å²) in [5.74, 6) is 1.67. The number of rotatable bonds is 5. The van der Waals surface area contributed by atoms with Crippen molar-refractivity contribution in [3.05, 3.63) is 60.2 Å². The van der Waals surface area contributed by atoms with Gasteiger partial charge in [0, 0.05) is 30.5 Å². The number of hydrogen-bond donors (Lipinski definition) is 0. The van der Waals surface area contributed by atoms with E-state index in [-0.39, 0.29) is 12.0 Å². The van der Waals surface area contributed by atoms with Crippen LogP contribution in [0.3, 0.4) is 0 Å². The smallest absolute Gasteiger partial charge is 0.257 e. The largest absolute Gasteiger partial charge is 0.497 e. The molecule has 2 heterocycles. The zero-order chi connectivity index (χ0) is 19.5. The van der Waals surface area contributed by atoms with E-state index < -0.39 is 0 Å². The highest BCUT2D eigenvalue weighted by Gasteiger charge is 2.30. The molecule has 0 radical (unpaired) electrons. The van der Waals surface area contributed by atoms with Gasteiger partial charge in [-0.2, -0.15) is 0 Å². The number of carbonyl (C=O) groups is 1.